The van der Waals surface area contributed by atoms with Crippen LogP contribution in [0.25, 0.3) is 0 Å². The molecule has 0 spiro atoms. The number of unbranched alkanes of at least 4 members (excludes halogenated alkanes) is 48. The second-order valence-electron chi connectivity index (χ2n) is 23.9. The summed E-state index contributed by atoms with van der Waals surface area (Å²) < 4.78 is 5.42. The molecule has 0 aliphatic carbocycles. The van der Waals surface area contributed by atoms with Gasteiger partial charge in [0.25, 0.3) is 0 Å². The third-order valence-electron chi connectivity index (χ3n) is 16.2. The number of carbonyl (C=O) groups is 2. The molecule has 0 heterocycles. The largest absolute Gasteiger partial charge is 0.465 e. The maximum Gasteiger partial charge on any atom is 0.305 e. The molecule has 0 bridgehead atoms. The molecule has 6 heteroatoms. The summed E-state index contributed by atoms with van der Waals surface area (Å²) in [7, 11) is 0. The molecular weight excluding hydrogens is 947 g/mol. The Morgan fingerprint density at radius 2 is 0.649 bits per heavy atom. The highest BCUT2D eigenvalue weighted by molar-refractivity contribution is 5.76. The Kier molecular flexibility index (Phi) is 64.9. The minimum atomic E-state index is -0.670. The zero-order chi connectivity index (χ0) is 55.7. The Bertz CT molecular complexity index is 1250. The van der Waals surface area contributed by atoms with Gasteiger partial charge in [-0.1, -0.05) is 333 Å². The molecule has 454 valence electrons. The second-order valence-corrected chi connectivity index (χ2v) is 23.9. The van der Waals surface area contributed by atoms with Gasteiger partial charge in [0, 0.05) is 12.8 Å². The molecule has 0 aromatic heterocycles. The van der Waals surface area contributed by atoms with Gasteiger partial charge in [0.2, 0.25) is 5.91 Å². The van der Waals surface area contributed by atoms with Crippen molar-refractivity contribution in [1.29, 1.82) is 0 Å². The number of ether oxygens (including phenoxy) is 1. The minimum absolute atomic E-state index is 0.0359. The van der Waals surface area contributed by atoms with Gasteiger partial charge < -0.3 is 20.3 Å². The fourth-order valence-electron chi connectivity index (χ4n) is 10.9. The summed E-state index contributed by atoms with van der Waals surface area (Å²) in [4.78, 5) is 24.6. The summed E-state index contributed by atoms with van der Waals surface area (Å²) in [5.74, 6) is -0.0778. The van der Waals surface area contributed by atoms with E-state index in [1.165, 1.54) is 295 Å². The van der Waals surface area contributed by atoms with Gasteiger partial charge in [-0.3, -0.25) is 9.59 Å². The lowest BCUT2D eigenvalue weighted by Gasteiger charge is -2.22. The number of allylic oxidation sites excluding steroid dienone is 5. The van der Waals surface area contributed by atoms with E-state index < -0.39 is 12.1 Å². The fraction of sp³-hybridized carbons (Fsp3) is 0.887. The zero-order valence-corrected chi connectivity index (χ0v) is 52.0. The van der Waals surface area contributed by atoms with Crippen LogP contribution in [0.2, 0.25) is 0 Å². The molecule has 0 saturated carbocycles. The average molecular weight is 1080 g/mol. The molecule has 0 saturated heterocycles. The van der Waals surface area contributed by atoms with Crippen molar-refractivity contribution in [3.63, 3.8) is 0 Å². The Hall–Kier alpha value is -1.92. The van der Waals surface area contributed by atoms with Crippen molar-refractivity contribution in [2.75, 3.05) is 13.2 Å². The SMILES string of the molecule is CCCCCCCCC/C=C\CCCCCCCC(=O)OCC/C=C\C/C=C\CCCCCCCCCCCCCCCCC(=O)NC(CO)C(O)CCCCCCCCCCCCCCCCCCCCCCCCC. The van der Waals surface area contributed by atoms with Crippen LogP contribution < -0.4 is 5.32 Å². The van der Waals surface area contributed by atoms with E-state index in [-0.39, 0.29) is 18.5 Å². The molecule has 77 heavy (non-hydrogen) atoms. The standard InChI is InChI=1S/C71H135NO5/c1-3-5-7-9-11-13-15-17-19-21-22-23-24-26-29-32-35-39-43-47-51-55-59-63-69(74)68(67-73)72-70(75)64-60-56-52-48-44-40-36-33-30-27-25-28-31-34-38-42-46-50-54-58-62-66-77-71(76)65-61-57-53-49-45-41-37-20-18-16-14-12-10-8-6-4-2/h20,37,42,46,54,58,68-69,73-74H,3-19,21-36,38-41,43-45,47-53,55-57,59-67H2,1-2H3,(H,72,75)/b37-20-,46-42-,58-54-. The smallest absolute Gasteiger partial charge is 0.305 e. The Labute approximate surface area is 481 Å². The zero-order valence-electron chi connectivity index (χ0n) is 52.0. The van der Waals surface area contributed by atoms with Crippen molar-refractivity contribution in [1.82, 2.24) is 5.32 Å². The quantitative estimate of drug-likeness (QED) is 0.0320. The van der Waals surface area contributed by atoms with Gasteiger partial charge >= 0.3 is 5.97 Å². The first-order valence-corrected chi connectivity index (χ1v) is 34.7. The molecule has 0 aromatic rings. The van der Waals surface area contributed by atoms with Crippen LogP contribution in [-0.2, 0) is 14.3 Å². The van der Waals surface area contributed by atoms with Crippen LogP contribution in [0.4, 0.5) is 0 Å². The molecule has 2 atom stereocenters. The molecule has 0 rings (SSSR count). The Balaban J connectivity index is 3.45. The molecule has 6 nitrogen and oxygen atoms in total. The van der Waals surface area contributed by atoms with E-state index in [0.29, 0.717) is 25.9 Å². The van der Waals surface area contributed by atoms with E-state index in [4.69, 9.17) is 4.74 Å². The predicted octanol–water partition coefficient (Wildman–Crippen LogP) is 22.3. The highest BCUT2D eigenvalue weighted by atomic mass is 16.5. The van der Waals surface area contributed by atoms with Crippen LogP contribution >= 0.6 is 0 Å². The van der Waals surface area contributed by atoms with Gasteiger partial charge in [0.15, 0.2) is 0 Å². The van der Waals surface area contributed by atoms with E-state index in [1.54, 1.807) is 0 Å². The first kappa shape index (κ1) is 75.1. The molecule has 2 unspecified atom stereocenters. The van der Waals surface area contributed by atoms with Gasteiger partial charge in [0.05, 0.1) is 25.4 Å². The molecule has 0 aromatic carbocycles. The number of hydrogen-bond acceptors (Lipinski definition) is 5. The molecule has 0 aliphatic rings. The number of rotatable bonds is 65. The topological polar surface area (TPSA) is 95.9 Å². The van der Waals surface area contributed by atoms with Crippen molar-refractivity contribution < 1.29 is 24.5 Å². The van der Waals surface area contributed by atoms with Crippen molar-refractivity contribution in [3.8, 4) is 0 Å². The maximum atomic E-state index is 12.5. The van der Waals surface area contributed by atoms with Crippen LogP contribution in [0.5, 0.6) is 0 Å². The van der Waals surface area contributed by atoms with Crippen molar-refractivity contribution in [2.24, 2.45) is 0 Å². The lowest BCUT2D eigenvalue weighted by atomic mass is 10.0. The predicted molar refractivity (Wildman–Crippen MR) is 338 cm³/mol. The van der Waals surface area contributed by atoms with E-state index in [0.717, 1.165) is 51.4 Å². The van der Waals surface area contributed by atoms with Gasteiger partial charge in [-0.15, -0.1) is 0 Å². The number of nitrogens with one attached hydrogen (secondary N) is 1. The molecule has 0 radical (unpaired) electrons. The summed E-state index contributed by atoms with van der Waals surface area (Å²) in [6, 6.07) is -0.547. The maximum absolute atomic E-state index is 12.5. The van der Waals surface area contributed by atoms with Crippen molar-refractivity contribution in [2.45, 2.75) is 392 Å². The minimum Gasteiger partial charge on any atom is -0.465 e. The Morgan fingerprint density at radius 1 is 0.364 bits per heavy atom. The van der Waals surface area contributed by atoms with Crippen LogP contribution in [0.15, 0.2) is 36.5 Å². The van der Waals surface area contributed by atoms with Crippen molar-refractivity contribution in [3.05, 3.63) is 36.5 Å². The van der Waals surface area contributed by atoms with Crippen LogP contribution in [0.3, 0.4) is 0 Å². The van der Waals surface area contributed by atoms with Crippen LogP contribution in [0.1, 0.15) is 380 Å². The molecule has 0 aliphatic heterocycles. The number of hydrogen-bond donors (Lipinski definition) is 3. The average Bonchev–Trinajstić information content (AvgIpc) is 3.43. The molecular formula is C71H135NO5. The third-order valence-corrected chi connectivity index (χ3v) is 16.2. The summed E-state index contributed by atoms with van der Waals surface area (Å²) in [5.41, 5.74) is 0. The van der Waals surface area contributed by atoms with Gasteiger partial charge in [0.1, 0.15) is 0 Å². The number of aliphatic hydroxyl groups is 2. The van der Waals surface area contributed by atoms with Crippen molar-refractivity contribution >= 4 is 11.9 Å². The van der Waals surface area contributed by atoms with E-state index in [2.05, 4.69) is 55.6 Å². The highest BCUT2D eigenvalue weighted by Gasteiger charge is 2.20. The number of amides is 1. The lowest BCUT2D eigenvalue weighted by molar-refractivity contribution is -0.143. The second kappa shape index (κ2) is 66.6. The summed E-state index contributed by atoms with van der Waals surface area (Å²) in [6.07, 6.45) is 84.8. The third kappa shape index (κ3) is 63.1. The first-order chi connectivity index (χ1) is 38.0. The summed E-state index contributed by atoms with van der Waals surface area (Å²) in [6.45, 7) is 4.87. The van der Waals surface area contributed by atoms with Crippen LogP contribution in [-0.4, -0.2) is 47.4 Å². The summed E-state index contributed by atoms with van der Waals surface area (Å²) >= 11 is 0. The van der Waals surface area contributed by atoms with E-state index >= 15 is 0 Å². The molecule has 3 N–H and O–H groups in total. The Morgan fingerprint density at radius 3 is 1.00 bits per heavy atom. The highest BCUT2D eigenvalue weighted by Crippen LogP contribution is 2.19. The van der Waals surface area contributed by atoms with E-state index in [9.17, 15) is 19.8 Å². The van der Waals surface area contributed by atoms with Gasteiger partial charge in [-0.25, -0.2) is 0 Å². The first-order valence-electron chi connectivity index (χ1n) is 34.7. The molecule has 1 amide bonds. The van der Waals surface area contributed by atoms with Gasteiger partial charge in [-0.05, 0) is 70.6 Å². The van der Waals surface area contributed by atoms with Gasteiger partial charge in [-0.2, -0.15) is 0 Å². The fourth-order valence-corrected chi connectivity index (χ4v) is 10.9. The molecule has 0 fully saturated rings. The lowest BCUT2D eigenvalue weighted by Crippen LogP contribution is -2.45. The monoisotopic (exact) mass is 1080 g/mol. The number of carbonyl (C=O) groups excluding carboxylic acids is 2. The summed E-state index contributed by atoms with van der Waals surface area (Å²) in [5, 5.41) is 23.4. The van der Waals surface area contributed by atoms with E-state index in [1.807, 2.05) is 0 Å². The number of aliphatic hydroxyl groups excluding tert-OH is 2. The number of esters is 1. The van der Waals surface area contributed by atoms with Crippen LogP contribution in [0, 0.1) is 0 Å². The normalized spacial score (nSPS) is 12.7.